The van der Waals surface area contributed by atoms with Gasteiger partial charge in [0.25, 0.3) is 0 Å². The number of nitrogens with zero attached hydrogens (tertiary/aromatic N) is 1. The summed E-state index contributed by atoms with van der Waals surface area (Å²) in [6.45, 7) is 4.41. The van der Waals surface area contributed by atoms with Crippen molar-refractivity contribution in [1.29, 1.82) is 0 Å². The van der Waals surface area contributed by atoms with E-state index in [4.69, 9.17) is 0 Å². The van der Waals surface area contributed by atoms with Crippen molar-refractivity contribution in [3.63, 3.8) is 0 Å². The van der Waals surface area contributed by atoms with Crippen LogP contribution in [0.5, 0.6) is 0 Å². The lowest BCUT2D eigenvalue weighted by molar-refractivity contribution is 0.734. The summed E-state index contributed by atoms with van der Waals surface area (Å²) in [7, 11) is 0. The molecule has 0 aromatic heterocycles. The Bertz CT molecular complexity index is 309. The van der Waals surface area contributed by atoms with Crippen LogP contribution in [0, 0.1) is 0 Å². The molecule has 0 amide bonds. The molecule has 2 heteroatoms. The molecule has 0 radical (unpaired) electrons. The molecule has 0 saturated carbocycles. The van der Waals surface area contributed by atoms with Gasteiger partial charge in [0, 0.05) is 0 Å². The zero-order valence-corrected chi connectivity index (χ0v) is 8.77. The van der Waals surface area contributed by atoms with Gasteiger partial charge in [-0.3, -0.25) is 0 Å². The largest absolute Gasteiger partial charge is 0.195 e. The lowest BCUT2D eigenvalue weighted by Gasteiger charge is -2.07. The second-order valence-electron chi connectivity index (χ2n) is 3.10. The second-order valence-corrected chi connectivity index (χ2v) is 3.29. The van der Waals surface area contributed by atoms with E-state index in [-0.39, 0.29) is 0 Å². The van der Waals surface area contributed by atoms with E-state index in [1.54, 1.807) is 0 Å². The van der Waals surface area contributed by atoms with Crippen molar-refractivity contribution < 1.29 is 0 Å². The predicted molar refractivity (Wildman–Crippen MR) is 59.8 cm³/mol. The Labute approximate surface area is 84.5 Å². The van der Waals surface area contributed by atoms with Gasteiger partial charge in [0.1, 0.15) is 0 Å². The molecule has 0 aliphatic heterocycles. The van der Waals surface area contributed by atoms with E-state index in [1.807, 2.05) is 12.1 Å². The summed E-state index contributed by atoms with van der Waals surface area (Å²) in [6, 6.07) is 8.14. The van der Waals surface area contributed by atoms with E-state index in [2.05, 4.69) is 48.4 Å². The summed E-state index contributed by atoms with van der Waals surface area (Å²) in [5.41, 5.74) is 2.23. The molecule has 13 heavy (non-hydrogen) atoms. The van der Waals surface area contributed by atoms with Gasteiger partial charge in [-0.15, -0.1) is 0 Å². The Balaban J connectivity index is 2.86. The van der Waals surface area contributed by atoms with Crippen LogP contribution in [0.3, 0.4) is 0 Å². The summed E-state index contributed by atoms with van der Waals surface area (Å²) < 4.78 is 0. The fourth-order valence-corrected chi connectivity index (χ4v) is 1.27. The standard InChI is InChI=1S/C11H13NS/c1-3-9(2)10-4-6-11(7-5-10)12-8-13/h4-7,9H,3H2,1-2H3/t9-/m1/s1. The van der Waals surface area contributed by atoms with Crippen molar-refractivity contribution in [2.24, 2.45) is 4.99 Å². The van der Waals surface area contributed by atoms with Gasteiger partial charge in [0.2, 0.25) is 0 Å². The van der Waals surface area contributed by atoms with Crippen LogP contribution in [0.1, 0.15) is 31.7 Å². The van der Waals surface area contributed by atoms with E-state index >= 15 is 0 Å². The van der Waals surface area contributed by atoms with Crippen LogP contribution in [-0.4, -0.2) is 5.16 Å². The van der Waals surface area contributed by atoms with Crippen molar-refractivity contribution in [1.82, 2.24) is 0 Å². The van der Waals surface area contributed by atoms with Gasteiger partial charge in [0.15, 0.2) is 0 Å². The summed E-state index contributed by atoms with van der Waals surface area (Å²) in [5, 5.41) is 2.35. The first-order valence-corrected chi connectivity index (χ1v) is 4.86. The number of thiocarbonyl (C=S) groups is 1. The Hall–Kier alpha value is -0.980. The number of aliphatic imine (C=N–C) groups is 1. The minimum absolute atomic E-state index is 0.616. The first-order valence-electron chi connectivity index (χ1n) is 4.45. The molecule has 0 aliphatic rings. The smallest absolute Gasteiger partial charge is 0.0739 e. The van der Waals surface area contributed by atoms with Crippen molar-refractivity contribution in [2.75, 3.05) is 0 Å². The Morgan fingerprint density at radius 2 is 2.00 bits per heavy atom. The van der Waals surface area contributed by atoms with Crippen molar-refractivity contribution in [3.05, 3.63) is 29.8 Å². The minimum atomic E-state index is 0.616. The summed E-state index contributed by atoms with van der Waals surface area (Å²) in [4.78, 5) is 3.90. The fourth-order valence-electron chi connectivity index (χ4n) is 1.17. The molecule has 1 aromatic carbocycles. The van der Waals surface area contributed by atoms with Gasteiger partial charge in [-0.1, -0.05) is 26.0 Å². The zero-order chi connectivity index (χ0) is 9.68. The van der Waals surface area contributed by atoms with E-state index in [0.29, 0.717) is 5.92 Å². The molecule has 1 rings (SSSR count). The highest BCUT2D eigenvalue weighted by Gasteiger charge is 2.01. The zero-order valence-electron chi connectivity index (χ0n) is 7.95. The monoisotopic (exact) mass is 191 g/mol. The molecule has 0 heterocycles. The highest BCUT2D eigenvalue weighted by molar-refractivity contribution is 7.78. The number of isothiocyanates is 1. The molecule has 68 valence electrons. The molecule has 0 fully saturated rings. The average Bonchev–Trinajstić information content (AvgIpc) is 2.18. The molecule has 1 aromatic rings. The first kappa shape index (κ1) is 10.1. The normalized spacial score (nSPS) is 11.8. The predicted octanol–water partition coefficient (Wildman–Crippen LogP) is 3.93. The maximum Gasteiger partial charge on any atom is 0.0739 e. The van der Waals surface area contributed by atoms with Crippen molar-refractivity contribution in [2.45, 2.75) is 26.2 Å². The summed E-state index contributed by atoms with van der Waals surface area (Å²) in [6.07, 6.45) is 1.16. The van der Waals surface area contributed by atoms with E-state index in [9.17, 15) is 0 Å². The fraction of sp³-hybridized carbons (Fsp3) is 0.364. The van der Waals surface area contributed by atoms with Crippen LogP contribution >= 0.6 is 12.2 Å². The molecule has 0 unspecified atom stereocenters. The molecule has 0 bridgehead atoms. The lowest BCUT2D eigenvalue weighted by atomic mass is 9.99. The van der Waals surface area contributed by atoms with Gasteiger partial charge in [-0.2, -0.15) is 4.99 Å². The van der Waals surface area contributed by atoms with Crippen LogP contribution in [-0.2, 0) is 0 Å². The molecule has 0 aliphatic carbocycles. The maximum absolute atomic E-state index is 4.52. The molecule has 1 atom stereocenters. The number of hydrogen-bond donors (Lipinski definition) is 0. The van der Waals surface area contributed by atoms with Crippen LogP contribution in [0.25, 0.3) is 0 Å². The van der Waals surface area contributed by atoms with Gasteiger partial charge < -0.3 is 0 Å². The summed E-state index contributed by atoms with van der Waals surface area (Å²) in [5.74, 6) is 0.616. The van der Waals surface area contributed by atoms with Crippen LogP contribution in [0.2, 0.25) is 0 Å². The topological polar surface area (TPSA) is 12.4 Å². The Morgan fingerprint density at radius 1 is 1.38 bits per heavy atom. The van der Waals surface area contributed by atoms with Gasteiger partial charge in [0.05, 0.1) is 10.8 Å². The Kier molecular flexibility index (Phi) is 3.81. The van der Waals surface area contributed by atoms with Gasteiger partial charge in [-0.25, -0.2) is 0 Å². The lowest BCUT2D eigenvalue weighted by Crippen LogP contribution is -1.89. The third-order valence-corrected chi connectivity index (χ3v) is 2.34. The van der Waals surface area contributed by atoms with Crippen LogP contribution in [0.4, 0.5) is 5.69 Å². The SMILES string of the molecule is CC[C@@H](C)c1ccc(N=C=S)cc1. The second kappa shape index (κ2) is 4.90. The molecule has 1 nitrogen and oxygen atoms in total. The Morgan fingerprint density at radius 3 is 2.46 bits per heavy atom. The average molecular weight is 191 g/mol. The van der Waals surface area contributed by atoms with E-state index in [1.165, 1.54) is 5.56 Å². The molecule has 0 spiro atoms. The third-order valence-electron chi connectivity index (χ3n) is 2.25. The minimum Gasteiger partial charge on any atom is -0.195 e. The quantitative estimate of drug-likeness (QED) is 0.521. The molecule has 0 N–H and O–H groups in total. The van der Waals surface area contributed by atoms with Gasteiger partial charge in [-0.05, 0) is 42.3 Å². The van der Waals surface area contributed by atoms with Crippen molar-refractivity contribution in [3.8, 4) is 0 Å². The molecular formula is C11H13NS. The summed E-state index contributed by atoms with van der Waals surface area (Å²) >= 11 is 4.52. The van der Waals surface area contributed by atoms with E-state index < -0.39 is 0 Å². The van der Waals surface area contributed by atoms with Gasteiger partial charge >= 0.3 is 0 Å². The molecular weight excluding hydrogens is 178 g/mol. The van der Waals surface area contributed by atoms with Crippen molar-refractivity contribution >= 4 is 23.1 Å². The number of hydrogen-bond acceptors (Lipinski definition) is 2. The highest BCUT2D eigenvalue weighted by atomic mass is 32.1. The number of benzene rings is 1. The maximum atomic E-state index is 4.52. The van der Waals surface area contributed by atoms with Crippen LogP contribution in [0.15, 0.2) is 29.3 Å². The van der Waals surface area contributed by atoms with E-state index in [0.717, 1.165) is 12.1 Å². The highest BCUT2D eigenvalue weighted by Crippen LogP contribution is 2.21. The molecule has 0 saturated heterocycles. The van der Waals surface area contributed by atoms with Crippen LogP contribution < -0.4 is 0 Å². The third kappa shape index (κ3) is 2.76. The first-order chi connectivity index (χ1) is 6.27. The number of rotatable bonds is 3.